The third-order valence-electron chi connectivity index (χ3n) is 2.96. The first kappa shape index (κ1) is 16.3. The van der Waals surface area contributed by atoms with Crippen LogP contribution in [0.4, 0.5) is 5.69 Å². The van der Waals surface area contributed by atoms with Crippen LogP contribution in [0.5, 0.6) is 5.75 Å². The molecule has 0 aliphatic carbocycles. The Bertz CT molecular complexity index is 702. The molecule has 0 bridgehead atoms. The van der Waals surface area contributed by atoms with Gasteiger partial charge < -0.3 is 10.4 Å². The number of amides is 1. The molecule has 5 nitrogen and oxygen atoms in total. The van der Waals surface area contributed by atoms with E-state index in [1.54, 1.807) is 24.3 Å². The molecule has 2 rings (SSSR count). The molecule has 0 radical (unpaired) electrons. The van der Waals surface area contributed by atoms with Crippen LogP contribution in [-0.2, 0) is 4.79 Å². The van der Waals surface area contributed by atoms with Gasteiger partial charge in [-0.2, -0.15) is 5.10 Å². The highest BCUT2D eigenvalue weighted by Crippen LogP contribution is 2.17. The summed E-state index contributed by atoms with van der Waals surface area (Å²) in [6.07, 6.45) is 1.41. The fourth-order valence-corrected chi connectivity index (χ4v) is 2.46. The number of hydrogen-bond donors (Lipinski definition) is 3. The molecule has 0 unspecified atom stereocenters. The van der Waals surface area contributed by atoms with E-state index in [1.807, 2.05) is 25.1 Å². The van der Waals surface area contributed by atoms with Gasteiger partial charge in [-0.1, -0.05) is 12.1 Å². The summed E-state index contributed by atoms with van der Waals surface area (Å²) in [4.78, 5) is 11.7. The molecule has 6 heteroatoms. The van der Waals surface area contributed by atoms with Gasteiger partial charge in [0.25, 0.3) is 5.91 Å². The predicted octanol–water partition coefficient (Wildman–Crippen LogP) is 2.87. The molecule has 114 valence electrons. The number of para-hydroxylation sites is 1. The second kappa shape index (κ2) is 7.79. The number of nitrogens with one attached hydrogen (secondary N) is 2. The second-order valence-electron chi connectivity index (χ2n) is 4.66. The first-order valence-electron chi connectivity index (χ1n) is 6.66. The largest absolute Gasteiger partial charge is 0.507 e. The minimum atomic E-state index is -0.260. The van der Waals surface area contributed by atoms with Gasteiger partial charge >= 0.3 is 0 Å². The van der Waals surface area contributed by atoms with Crippen LogP contribution >= 0.6 is 22.6 Å². The number of halogens is 1. The molecular weight excluding hydrogens is 393 g/mol. The molecule has 0 saturated carbocycles. The lowest BCUT2D eigenvalue weighted by molar-refractivity contribution is -0.119. The molecule has 0 aliphatic rings. The van der Waals surface area contributed by atoms with E-state index in [1.165, 1.54) is 6.21 Å². The van der Waals surface area contributed by atoms with Gasteiger partial charge in [-0.05, 0) is 65.4 Å². The van der Waals surface area contributed by atoms with Crippen LogP contribution < -0.4 is 10.7 Å². The molecule has 3 N–H and O–H groups in total. The number of phenolic OH excluding ortho intramolecular Hbond substituents is 1. The lowest BCUT2D eigenvalue weighted by atomic mass is 10.2. The molecule has 2 aromatic carbocycles. The van der Waals surface area contributed by atoms with Crippen molar-refractivity contribution in [1.29, 1.82) is 0 Å². The number of carbonyl (C=O) groups excluding carboxylic acids is 1. The average Bonchev–Trinajstić information content (AvgIpc) is 2.48. The zero-order valence-electron chi connectivity index (χ0n) is 12.0. The van der Waals surface area contributed by atoms with Crippen molar-refractivity contribution in [2.75, 3.05) is 11.9 Å². The van der Waals surface area contributed by atoms with Crippen molar-refractivity contribution in [3.63, 3.8) is 0 Å². The highest BCUT2D eigenvalue weighted by molar-refractivity contribution is 14.1. The maximum absolute atomic E-state index is 11.7. The number of hydrogen-bond acceptors (Lipinski definition) is 4. The molecule has 0 atom stereocenters. The second-order valence-corrected chi connectivity index (χ2v) is 5.91. The van der Waals surface area contributed by atoms with Gasteiger partial charge in [-0.25, -0.2) is 5.43 Å². The third-order valence-corrected chi connectivity index (χ3v) is 3.63. The Balaban J connectivity index is 1.84. The summed E-state index contributed by atoms with van der Waals surface area (Å²) >= 11 is 2.24. The van der Waals surface area contributed by atoms with Crippen LogP contribution in [0.25, 0.3) is 0 Å². The fourth-order valence-electron chi connectivity index (χ4n) is 1.81. The number of rotatable bonds is 5. The minimum absolute atomic E-state index is 0.119. The van der Waals surface area contributed by atoms with E-state index < -0.39 is 0 Å². The molecule has 0 fully saturated rings. The zero-order valence-corrected chi connectivity index (χ0v) is 14.2. The molecule has 0 saturated heterocycles. The Morgan fingerprint density at radius 3 is 2.82 bits per heavy atom. The number of carbonyl (C=O) groups is 1. The summed E-state index contributed by atoms with van der Waals surface area (Å²) in [5.41, 5.74) is 4.96. The van der Waals surface area contributed by atoms with Crippen LogP contribution in [0.1, 0.15) is 11.1 Å². The number of nitrogens with zero attached hydrogens (tertiary/aromatic N) is 1. The number of aryl methyl sites for hydroxylation is 1. The lowest BCUT2D eigenvalue weighted by Crippen LogP contribution is -2.26. The average molecular weight is 409 g/mol. The van der Waals surface area contributed by atoms with Crippen molar-refractivity contribution in [3.8, 4) is 5.75 Å². The van der Waals surface area contributed by atoms with E-state index in [9.17, 15) is 9.90 Å². The molecule has 0 aliphatic heterocycles. The molecule has 1 amide bonds. The predicted molar refractivity (Wildman–Crippen MR) is 96.2 cm³/mol. The van der Waals surface area contributed by atoms with Gasteiger partial charge in [-0.15, -0.1) is 0 Å². The number of hydrazone groups is 1. The standard InChI is InChI=1S/C16H16IN3O2/c1-11-8-13(17)6-7-14(11)18-10-16(22)20-19-9-12-4-2-3-5-15(12)21/h2-9,18,21H,10H2,1H3,(H,20,22)/b19-9-. The van der Waals surface area contributed by atoms with Crippen molar-refractivity contribution in [3.05, 3.63) is 57.2 Å². The highest BCUT2D eigenvalue weighted by Gasteiger charge is 2.02. The number of anilines is 1. The topological polar surface area (TPSA) is 73.7 Å². The SMILES string of the molecule is Cc1cc(I)ccc1NCC(=O)N/N=C\c1ccccc1O. The normalized spacial score (nSPS) is 10.6. The van der Waals surface area contributed by atoms with E-state index in [0.29, 0.717) is 5.56 Å². The van der Waals surface area contributed by atoms with Gasteiger partial charge in [0.05, 0.1) is 12.8 Å². The highest BCUT2D eigenvalue weighted by atomic mass is 127. The number of aromatic hydroxyl groups is 1. The van der Waals surface area contributed by atoms with Crippen molar-refractivity contribution in [2.45, 2.75) is 6.92 Å². The van der Waals surface area contributed by atoms with Crippen molar-refractivity contribution >= 4 is 40.4 Å². The maximum atomic E-state index is 11.7. The summed E-state index contributed by atoms with van der Waals surface area (Å²) in [6.45, 7) is 2.11. The van der Waals surface area contributed by atoms with E-state index in [-0.39, 0.29) is 18.2 Å². The monoisotopic (exact) mass is 409 g/mol. The molecule has 0 aromatic heterocycles. The quantitative estimate of drug-likeness (QED) is 0.404. The van der Waals surface area contributed by atoms with Crippen LogP contribution in [0.2, 0.25) is 0 Å². The van der Waals surface area contributed by atoms with Crippen LogP contribution in [-0.4, -0.2) is 23.8 Å². The van der Waals surface area contributed by atoms with Gasteiger partial charge in [-0.3, -0.25) is 4.79 Å². The Morgan fingerprint density at radius 2 is 2.09 bits per heavy atom. The van der Waals surface area contributed by atoms with E-state index in [0.717, 1.165) is 14.8 Å². The molecular formula is C16H16IN3O2. The zero-order chi connectivity index (χ0) is 15.9. The van der Waals surface area contributed by atoms with Crippen LogP contribution in [0.3, 0.4) is 0 Å². The summed E-state index contributed by atoms with van der Waals surface area (Å²) in [5.74, 6) is -0.141. The molecule has 0 heterocycles. The number of phenols is 1. The third kappa shape index (κ3) is 4.73. The van der Waals surface area contributed by atoms with E-state index >= 15 is 0 Å². The summed E-state index contributed by atoms with van der Waals surface area (Å²) in [5, 5.41) is 16.5. The van der Waals surface area contributed by atoms with Gasteiger partial charge in [0.1, 0.15) is 5.75 Å². The summed E-state index contributed by atoms with van der Waals surface area (Å²) in [6, 6.07) is 12.7. The Morgan fingerprint density at radius 1 is 1.32 bits per heavy atom. The summed E-state index contributed by atoms with van der Waals surface area (Å²) < 4.78 is 1.15. The fraction of sp³-hybridized carbons (Fsp3) is 0.125. The first-order valence-corrected chi connectivity index (χ1v) is 7.74. The Kier molecular flexibility index (Phi) is 5.76. The van der Waals surface area contributed by atoms with Crippen molar-refractivity contribution in [2.24, 2.45) is 5.10 Å². The molecule has 2 aromatic rings. The summed E-state index contributed by atoms with van der Waals surface area (Å²) in [7, 11) is 0. The van der Waals surface area contributed by atoms with Crippen LogP contribution in [0, 0.1) is 10.5 Å². The lowest BCUT2D eigenvalue weighted by Gasteiger charge is -2.08. The smallest absolute Gasteiger partial charge is 0.259 e. The van der Waals surface area contributed by atoms with Crippen molar-refractivity contribution < 1.29 is 9.90 Å². The van der Waals surface area contributed by atoms with Crippen LogP contribution in [0.15, 0.2) is 47.6 Å². The van der Waals surface area contributed by atoms with Gasteiger partial charge in [0, 0.05) is 14.8 Å². The Hall–Kier alpha value is -2.09. The minimum Gasteiger partial charge on any atom is -0.507 e. The molecule has 0 spiro atoms. The van der Waals surface area contributed by atoms with E-state index in [2.05, 4.69) is 38.4 Å². The Labute approximate surface area is 142 Å². The maximum Gasteiger partial charge on any atom is 0.259 e. The first-order chi connectivity index (χ1) is 10.6. The van der Waals surface area contributed by atoms with E-state index in [4.69, 9.17) is 0 Å². The van der Waals surface area contributed by atoms with Gasteiger partial charge in [0.2, 0.25) is 0 Å². The number of benzene rings is 2. The van der Waals surface area contributed by atoms with Gasteiger partial charge in [0.15, 0.2) is 0 Å². The molecule has 22 heavy (non-hydrogen) atoms. The van der Waals surface area contributed by atoms with Crippen molar-refractivity contribution in [1.82, 2.24) is 5.43 Å².